The van der Waals surface area contributed by atoms with E-state index in [1.54, 1.807) is 0 Å². The standard InChI is InChI=1S/C15H16F3N5O3S/c16-15(17,18)11-9(2-1-5-20-11)13-21-12(22-26-13)10-8-14(10)3-6-23(7-4-14)27(19,24)25/h1-2,5,10H,3-4,6-8H2,(H2,19,24,25)/t10-/m0/s1. The van der Waals surface area contributed by atoms with E-state index >= 15 is 0 Å². The zero-order valence-electron chi connectivity index (χ0n) is 14.0. The highest BCUT2D eigenvalue weighted by Gasteiger charge is 2.58. The lowest BCUT2D eigenvalue weighted by molar-refractivity contribution is -0.140. The minimum atomic E-state index is -4.63. The van der Waals surface area contributed by atoms with Crippen LogP contribution in [-0.4, -0.2) is 40.9 Å². The zero-order chi connectivity index (χ0) is 19.4. The van der Waals surface area contributed by atoms with Gasteiger partial charge in [-0.05, 0) is 36.8 Å². The normalized spacial score (nSPS) is 22.9. The Hall–Kier alpha value is -2.05. The summed E-state index contributed by atoms with van der Waals surface area (Å²) >= 11 is 0. The summed E-state index contributed by atoms with van der Waals surface area (Å²) in [5.74, 6) is 0.0455. The minimum absolute atomic E-state index is 0.0661. The van der Waals surface area contributed by atoms with Crippen molar-refractivity contribution in [2.24, 2.45) is 10.6 Å². The second-order valence-electron chi connectivity index (χ2n) is 6.92. The van der Waals surface area contributed by atoms with Crippen LogP contribution < -0.4 is 5.14 Å². The van der Waals surface area contributed by atoms with E-state index in [0.717, 1.165) is 12.6 Å². The molecule has 2 aromatic heterocycles. The molecule has 0 radical (unpaired) electrons. The van der Waals surface area contributed by atoms with Crippen molar-refractivity contribution in [3.63, 3.8) is 0 Å². The first-order chi connectivity index (χ1) is 12.6. The van der Waals surface area contributed by atoms with Gasteiger partial charge in [-0.3, -0.25) is 4.98 Å². The summed E-state index contributed by atoms with van der Waals surface area (Å²) in [4.78, 5) is 7.54. The molecule has 1 atom stereocenters. The quantitative estimate of drug-likeness (QED) is 0.837. The maximum atomic E-state index is 13.1. The van der Waals surface area contributed by atoms with Gasteiger partial charge in [-0.1, -0.05) is 5.16 Å². The van der Waals surface area contributed by atoms with Crippen molar-refractivity contribution in [3.8, 4) is 11.5 Å². The van der Waals surface area contributed by atoms with Crippen LogP contribution >= 0.6 is 0 Å². The predicted octanol–water partition coefficient (Wildman–Crippen LogP) is 1.92. The van der Waals surface area contributed by atoms with Gasteiger partial charge in [-0.15, -0.1) is 0 Å². The van der Waals surface area contributed by atoms with Crippen LogP contribution in [0.3, 0.4) is 0 Å². The van der Waals surface area contributed by atoms with Crippen LogP contribution in [0.1, 0.15) is 36.7 Å². The molecule has 27 heavy (non-hydrogen) atoms. The van der Waals surface area contributed by atoms with Crippen LogP contribution in [0.5, 0.6) is 0 Å². The zero-order valence-corrected chi connectivity index (χ0v) is 14.8. The van der Waals surface area contributed by atoms with Gasteiger partial charge in [0.15, 0.2) is 11.5 Å². The van der Waals surface area contributed by atoms with Crippen molar-refractivity contribution in [2.75, 3.05) is 13.1 Å². The lowest BCUT2D eigenvalue weighted by Gasteiger charge is -2.30. The molecule has 2 N–H and O–H groups in total. The average Bonchev–Trinajstić information content (AvgIpc) is 3.06. The molecule has 2 aliphatic rings. The molecule has 8 nitrogen and oxygen atoms in total. The number of rotatable bonds is 3. The Balaban J connectivity index is 1.53. The fourth-order valence-electron chi connectivity index (χ4n) is 3.74. The minimum Gasteiger partial charge on any atom is -0.334 e. The van der Waals surface area contributed by atoms with Gasteiger partial charge in [0, 0.05) is 25.2 Å². The van der Waals surface area contributed by atoms with Crippen LogP contribution in [0.4, 0.5) is 13.2 Å². The van der Waals surface area contributed by atoms with Crippen molar-refractivity contribution >= 4 is 10.2 Å². The van der Waals surface area contributed by atoms with Gasteiger partial charge in [-0.25, -0.2) is 5.14 Å². The van der Waals surface area contributed by atoms with Crippen molar-refractivity contribution in [2.45, 2.75) is 31.4 Å². The van der Waals surface area contributed by atoms with Crippen molar-refractivity contribution in [3.05, 3.63) is 29.8 Å². The topological polar surface area (TPSA) is 115 Å². The van der Waals surface area contributed by atoms with Gasteiger partial charge in [0.1, 0.15) is 0 Å². The molecule has 3 heterocycles. The van der Waals surface area contributed by atoms with Gasteiger partial charge in [0.2, 0.25) is 0 Å². The van der Waals surface area contributed by atoms with Crippen LogP contribution in [0.15, 0.2) is 22.9 Å². The van der Waals surface area contributed by atoms with Gasteiger partial charge >= 0.3 is 6.18 Å². The van der Waals surface area contributed by atoms with E-state index in [1.165, 1.54) is 16.4 Å². The number of hydrogen-bond donors (Lipinski definition) is 1. The molecule has 2 fully saturated rings. The number of aromatic nitrogens is 3. The summed E-state index contributed by atoms with van der Waals surface area (Å²) < 4.78 is 68.5. The summed E-state index contributed by atoms with van der Waals surface area (Å²) in [7, 11) is -3.71. The number of halogens is 3. The molecule has 0 aromatic carbocycles. The first kappa shape index (κ1) is 18.3. The highest BCUT2D eigenvalue weighted by molar-refractivity contribution is 7.86. The van der Waals surface area contributed by atoms with E-state index in [9.17, 15) is 21.6 Å². The molecule has 12 heteroatoms. The number of nitrogens with two attached hydrogens (primary N) is 1. The largest absolute Gasteiger partial charge is 0.434 e. The van der Waals surface area contributed by atoms with Crippen LogP contribution in [0, 0.1) is 5.41 Å². The first-order valence-electron chi connectivity index (χ1n) is 8.24. The SMILES string of the molecule is NS(=O)(=O)N1CCC2(CC1)C[C@H]2c1noc(-c2cccnc2C(F)(F)F)n1. The molecule has 0 amide bonds. The molecule has 1 saturated carbocycles. The number of piperidine rings is 1. The third kappa shape index (κ3) is 3.32. The Kier molecular flexibility index (Phi) is 4.05. The Bertz CT molecular complexity index is 967. The Morgan fingerprint density at radius 1 is 1.30 bits per heavy atom. The van der Waals surface area contributed by atoms with E-state index in [4.69, 9.17) is 9.66 Å². The lowest BCUT2D eigenvalue weighted by atomic mass is 9.92. The summed E-state index contributed by atoms with van der Waals surface area (Å²) in [6.07, 6.45) is -1.65. The van der Waals surface area contributed by atoms with Crippen LogP contribution in [-0.2, 0) is 16.4 Å². The van der Waals surface area contributed by atoms with Gasteiger partial charge < -0.3 is 4.52 Å². The third-order valence-electron chi connectivity index (χ3n) is 5.33. The number of hydrogen-bond acceptors (Lipinski definition) is 6. The molecule has 1 aliphatic heterocycles. The van der Waals surface area contributed by atoms with Crippen LogP contribution in [0.25, 0.3) is 11.5 Å². The molecule has 1 saturated heterocycles. The molecule has 2 aromatic rings. The van der Waals surface area contributed by atoms with Crippen molar-refractivity contribution in [1.82, 2.24) is 19.4 Å². The van der Waals surface area contributed by atoms with Crippen molar-refractivity contribution < 1.29 is 26.1 Å². The molecule has 0 bridgehead atoms. The summed E-state index contributed by atoms with van der Waals surface area (Å²) in [6.45, 7) is 0.613. The summed E-state index contributed by atoms with van der Waals surface area (Å²) in [5, 5.41) is 9.00. The molecule has 146 valence electrons. The van der Waals surface area contributed by atoms with Crippen LogP contribution in [0.2, 0.25) is 0 Å². The van der Waals surface area contributed by atoms with E-state index < -0.39 is 22.1 Å². The van der Waals surface area contributed by atoms with Gasteiger partial charge in [-0.2, -0.15) is 30.9 Å². The highest BCUT2D eigenvalue weighted by Crippen LogP contribution is 2.64. The second kappa shape index (κ2) is 5.97. The van der Waals surface area contributed by atoms with E-state index in [-0.39, 0.29) is 22.8 Å². The summed E-state index contributed by atoms with van der Waals surface area (Å²) in [6, 6.07) is 2.61. The molecular formula is C15H16F3N5O3S. The fourth-order valence-corrected chi connectivity index (χ4v) is 4.43. The highest BCUT2D eigenvalue weighted by atomic mass is 32.2. The fraction of sp³-hybridized carbons (Fsp3) is 0.533. The monoisotopic (exact) mass is 403 g/mol. The summed E-state index contributed by atoms with van der Waals surface area (Å²) in [5.41, 5.74) is -1.49. The Labute approximate surface area is 152 Å². The van der Waals surface area contributed by atoms with Crippen molar-refractivity contribution in [1.29, 1.82) is 0 Å². The molecular weight excluding hydrogens is 387 g/mol. The predicted molar refractivity (Wildman–Crippen MR) is 86.2 cm³/mol. The molecule has 1 spiro atoms. The first-order valence-corrected chi connectivity index (χ1v) is 9.75. The van der Waals surface area contributed by atoms with Gasteiger partial charge in [0.25, 0.3) is 16.1 Å². The molecule has 0 unspecified atom stereocenters. The lowest BCUT2D eigenvalue weighted by Crippen LogP contribution is -2.43. The average molecular weight is 403 g/mol. The number of alkyl halides is 3. The number of pyridine rings is 1. The molecule has 1 aliphatic carbocycles. The van der Waals surface area contributed by atoms with E-state index in [0.29, 0.717) is 31.8 Å². The maximum absolute atomic E-state index is 13.1. The van der Waals surface area contributed by atoms with E-state index in [2.05, 4.69) is 15.1 Å². The number of nitrogens with zero attached hydrogens (tertiary/aromatic N) is 4. The Morgan fingerprint density at radius 2 is 2.00 bits per heavy atom. The van der Waals surface area contributed by atoms with E-state index in [1.807, 2.05) is 0 Å². The van der Waals surface area contributed by atoms with Gasteiger partial charge in [0.05, 0.1) is 5.56 Å². The maximum Gasteiger partial charge on any atom is 0.434 e. The third-order valence-corrected chi connectivity index (χ3v) is 6.41. The smallest absolute Gasteiger partial charge is 0.334 e. The molecule has 4 rings (SSSR count). The second-order valence-corrected chi connectivity index (χ2v) is 8.46. The Morgan fingerprint density at radius 3 is 2.63 bits per heavy atom.